The largest absolute Gasteiger partial charge is 0.453 e. The van der Waals surface area contributed by atoms with Crippen LogP contribution in [0.15, 0.2) is 0 Å². The van der Waals surface area contributed by atoms with E-state index in [1.54, 1.807) is 0 Å². The monoisotopic (exact) mass is 199 g/mol. The van der Waals surface area contributed by atoms with Crippen LogP contribution in [0.3, 0.4) is 0 Å². The van der Waals surface area contributed by atoms with Gasteiger partial charge < -0.3 is 15.7 Å². The molecule has 3 N–H and O–H groups in total. The molecule has 0 saturated heterocycles. The number of carbonyl (C=O) groups excluding carboxylic acids is 1. The van der Waals surface area contributed by atoms with Crippen molar-refractivity contribution in [2.75, 3.05) is 13.1 Å². The minimum absolute atomic E-state index is 0.0174. The van der Waals surface area contributed by atoms with Crippen molar-refractivity contribution in [2.45, 2.75) is 33.1 Å². The lowest BCUT2D eigenvalue weighted by molar-refractivity contribution is -0.118. The number of hydrogen-bond acceptors (Lipinski definition) is 3. The third-order valence-electron chi connectivity index (χ3n) is 1.81. The molecule has 0 saturated carbocycles. The molecule has 0 rings (SSSR count). The molecule has 1 atom stereocenters. The molecule has 0 aromatic carbocycles. The van der Waals surface area contributed by atoms with Gasteiger partial charge >= 0.3 is 7.48 Å². The van der Waals surface area contributed by atoms with E-state index in [2.05, 4.69) is 24.5 Å². The SMILES string of the molecule is CC(=O)NCCNC([B]O)CC(C)C. The second-order valence-corrected chi connectivity index (χ2v) is 3.82. The Balaban J connectivity index is 3.47. The van der Waals surface area contributed by atoms with E-state index in [0.29, 0.717) is 19.0 Å². The Hall–Kier alpha value is -0.545. The van der Waals surface area contributed by atoms with Crippen molar-refractivity contribution in [1.29, 1.82) is 0 Å². The van der Waals surface area contributed by atoms with Gasteiger partial charge in [0.25, 0.3) is 0 Å². The first-order chi connectivity index (χ1) is 6.56. The molecule has 0 aliphatic heterocycles. The van der Waals surface area contributed by atoms with Gasteiger partial charge in [-0.3, -0.25) is 4.79 Å². The summed E-state index contributed by atoms with van der Waals surface area (Å²) in [5.41, 5.74) is 0. The highest BCUT2D eigenvalue weighted by Crippen LogP contribution is 2.02. The van der Waals surface area contributed by atoms with Crippen molar-refractivity contribution in [3.05, 3.63) is 0 Å². The van der Waals surface area contributed by atoms with Crippen LogP contribution in [-0.2, 0) is 4.79 Å². The molecule has 0 heterocycles. The highest BCUT2D eigenvalue weighted by atomic mass is 16.2. The van der Waals surface area contributed by atoms with Gasteiger partial charge in [-0.1, -0.05) is 13.8 Å². The molecule has 1 radical (unpaired) electrons. The van der Waals surface area contributed by atoms with Crippen LogP contribution in [0.1, 0.15) is 27.2 Å². The lowest BCUT2D eigenvalue weighted by Gasteiger charge is -2.17. The van der Waals surface area contributed by atoms with Gasteiger partial charge in [0.05, 0.1) is 0 Å². The Kier molecular flexibility index (Phi) is 7.52. The zero-order valence-corrected chi connectivity index (χ0v) is 9.21. The summed E-state index contributed by atoms with van der Waals surface area (Å²) in [6, 6.07) is 0. The molecule has 14 heavy (non-hydrogen) atoms. The van der Waals surface area contributed by atoms with E-state index in [-0.39, 0.29) is 11.8 Å². The first-order valence-electron chi connectivity index (χ1n) is 5.01. The van der Waals surface area contributed by atoms with Crippen molar-refractivity contribution in [2.24, 2.45) is 5.92 Å². The highest BCUT2D eigenvalue weighted by Gasteiger charge is 2.10. The first-order valence-corrected chi connectivity index (χ1v) is 5.01. The minimum Gasteiger partial charge on any atom is -0.453 e. The van der Waals surface area contributed by atoms with Gasteiger partial charge in [0.15, 0.2) is 0 Å². The molecule has 0 bridgehead atoms. The fourth-order valence-corrected chi connectivity index (χ4v) is 1.20. The van der Waals surface area contributed by atoms with Gasteiger partial charge in [-0.15, -0.1) is 0 Å². The summed E-state index contributed by atoms with van der Waals surface area (Å²) in [5.74, 6) is 0.528. The normalized spacial score (nSPS) is 12.6. The Bertz CT molecular complexity index is 165. The van der Waals surface area contributed by atoms with Crippen molar-refractivity contribution in [3.63, 3.8) is 0 Å². The van der Waals surface area contributed by atoms with Gasteiger partial charge in [-0.25, -0.2) is 0 Å². The van der Waals surface area contributed by atoms with Crippen LogP contribution >= 0.6 is 0 Å². The molecule has 0 fully saturated rings. The summed E-state index contributed by atoms with van der Waals surface area (Å²) in [6.45, 7) is 6.97. The first kappa shape index (κ1) is 13.5. The maximum absolute atomic E-state index is 10.5. The van der Waals surface area contributed by atoms with E-state index in [1.165, 1.54) is 14.4 Å². The van der Waals surface area contributed by atoms with Crippen LogP contribution < -0.4 is 10.6 Å². The van der Waals surface area contributed by atoms with E-state index < -0.39 is 0 Å². The highest BCUT2D eigenvalue weighted by molar-refractivity contribution is 6.27. The van der Waals surface area contributed by atoms with E-state index in [9.17, 15) is 4.79 Å². The number of hydrogen-bond donors (Lipinski definition) is 3. The smallest absolute Gasteiger partial charge is 0.305 e. The Morgan fingerprint density at radius 1 is 1.43 bits per heavy atom. The van der Waals surface area contributed by atoms with Crippen LogP contribution in [-0.4, -0.2) is 37.4 Å². The molecule has 0 aromatic heterocycles. The molecule has 0 aromatic rings. The molecule has 4 nitrogen and oxygen atoms in total. The summed E-state index contributed by atoms with van der Waals surface area (Å²) in [5, 5.41) is 14.7. The van der Waals surface area contributed by atoms with Crippen LogP contribution in [0, 0.1) is 5.92 Å². The zero-order valence-electron chi connectivity index (χ0n) is 9.21. The predicted molar refractivity (Wildman–Crippen MR) is 57.9 cm³/mol. The van der Waals surface area contributed by atoms with E-state index in [1.807, 2.05) is 0 Å². The lowest BCUT2D eigenvalue weighted by Crippen LogP contribution is -2.40. The van der Waals surface area contributed by atoms with Gasteiger partial charge in [-0.2, -0.15) is 0 Å². The standard InChI is InChI=1S/C9H20BN2O2/c1-7(2)6-9(10-14)12-5-4-11-8(3)13/h7,9,12,14H,4-6H2,1-3H3,(H,11,13). The Morgan fingerprint density at radius 3 is 2.50 bits per heavy atom. The third-order valence-corrected chi connectivity index (χ3v) is 1.81. The maximum Gasteiger partial charge on any atom is 0.305 e. The number of carbonyl (C=O) groups is 1. The predicted octanol–water partition coefficient (Wildman–Crippen LogP) is -0.304. The Labute approximate surface area is 86.7 Å². The molecule has 1 amide bonds. The molecule has 1 unspecified atom stereocenters. The molecule has 0 aliphatic carbocycles. The molecule has 0 spiro atoms. The average molecular weight is 199 g/mol. The second-order valence-electron chi connectivity index (χ2n) is 3.82. The van der Waals surface area contributed by atoms with E-state index >= 15 is 0 Å². The maximum atomic E-state index is 10.5. The van der Waals surface area contributed by atoms with Gasteiger partial charge in [-0.05, 0) is 12.3 Å². The summed E-state index contributed by atoms with van der Waals surface area (Å²) >= 11 is 0. The van der Waals surface area contributed by atoms with Gasteiger partial charge in [0, 0.05) is 26.0 Å². The molecule has 0 aliphatic rings. The number of rotatable bonds is 7. The third kappa shape index (κ3) is 8.07. The van der Waals surface area contributed by atoms with Crippen molar-refractivity contribution >= 4 is 13.4 Å². The van der Waals surface area contributed by atoms with Gasteiger partial charge in [0.2, 0.25) is 5.91 Å². The van der Waals surface area contributed by atoms with Crippen LogP contribution in [0.5, 0.6) is 0 Å². The van der Waals surface area contributed by atoms with Crippen LogP contribution in [0.2, 0.25) is 0 Å². The fourth-order valence-electron chi connectivity index (χ4n) is 1.20. The van der Waals surface area contributed by atoms with Crippen molar-refractivity contribution < 1.29 is 9.82 Å². The molecule has 81 valence electrons. The lowest BCUT2D eigenvalue weighted by atomic mass is 9.82. The summed E-state index contributed by atoms with van der Waals surface area (Å²) in [7, 11) is 1.17. The van der Waals surface area contributed by atoms with Crippen molar-refractivity contribution in [3.8, 4) is 0 Å². The summed E-state index contributed by atoms with van der Waals surface area (Å²) in [4.78, 5) is 10.5. The van der Waals surface area contributed by atoms with E-state index in [0.717, 1.165) is 6.42 Å². The summed E-state index contributed by atoms with van der Waals surface area (Å²) < 4.78 is 0. The fraction of sp³-hybridized carbons (Fsp3) is 0.889. The second kappa shape index (κ2) is 7.82. The Morgan fingerprint density at radius 2 is 2.07 bits per heavy atom. The topological polar surface area (TPSA) is 61.4 Å². The van der Waals surface area contributed by atoms with Crippen LogP contribution in [0.25, 0.3) is 0 Å². The quantitative estimate of drug-likeness (QED) is 0.389. The number of nitrogens with one attached hydrogen (secondary N) is 2. The van der Waals surface area contributed by atoms with Crippen LogP contribution in [0.4, 0.5) is 0 Å². The summed E-state index contributed by atoms with van der Waals surface area (Å²) in [6.07, 6.45) is 0.899. The number of amides is 1. The molecule has 5 heteroatoms. The minimum atomic E-state index is -0.0276. The van der Waals surface area contributed by atoms with Crippen molar-refractivity contribution in [1.82, 2.24) is 10.6 Å². The zero-order chi connectivity index (χ0) is 11.0. The average Bonchev–Trinajstić information content (AvgIpc) is 2.09. The van der Waals surface area contributed by atoms with Gasteiger partial charge in [0.1, 0.15) is 0 Å². The van der Waals surface area contributed by atoms with E-state index in [4.69, 9.17) is 5.02 Å². The molecular formula is C9H20BN2O2. The molecular weight excluding hydrogens is 179 g/mol.